The summed E-state index contributed by atoms with van der Waals surface area (Å²) in [6, 6.07) is 1.32. The fourth-order valence-electron chi connectivity index (χ4n) is 2.14. The molecule has 20 heavy (non-hydrogen) atoms. The largest absolute Gasteiger partial charge is 0.351 e. The van der Waals surface area contributed by atoms with Crippen molar-refractivity contribution in [1.82, 2.24) is 10.6 Å². The van der Waals surface area contributed by atoms with Gasteiger partial charge < -0.3 is 10.6 Å². The van der Waals surface area contributed by atoms with E-state index in [9.17, 15) is 14.9 Å². The monoisotopic (exact) mass is 319 g/mol. The van der Waals surface area contributed by atoms with Gasteiger partial charge in [-0.05, 0) is 31.3 Å². The Labute approximate surface area is 127 Å². The maximum atomic E-state index is 11.9. The van der Waals surface area contributed by atoms with Crippen molar-refractivity contribution in [3.05, 3.63) is 27.1 Å². The van der Waals surface area contributed by atoms with Crippen LogP contribution < -0.4 is 10.6 Å². The lowest BCUT2D eigenvalue weighted by Gasteiger charge is -2.34. The average molecular weight is 320 g/mol. The molecule has 0 aromatic carbocycles. The van der Waals surface area contributed by atoms with E-state index in [-0.39, 0.29) is 28.7 Å². The SMILES string of the molecule is CC1(CNC(=O)c2csc([N+](=O)[O-])c2)CCNCC1.Cl. The fourth-order valence-corrected chi connectivity index (χ4v) is 2.85. The van der Waals surface area contributed by atoms with Crippen LogP contribution in [0.5, 0.6) is 0 Å². The molecule has 0 bridgehead atoms. The molecular weight excluding hydrogens is 302 g/mol. The highest BCUT2D eigenvalue weighted by atomic mass is 35.5. The summed E-state index contributed by atoms with van der Waals surface area (Å²) in [7, 11) is 0. The number of amides is 1. The van der Waals surface area contributed by atoms with Gasteiger partial charge in [-0.1, -0.05) is 18.3 Å². The average Bonchev–Trinajstić information content (AvgIpc) is 2.87. The highest BCUT2D eigenvalue weighted by Crippen LogP contribution is 2.27. The van der Waals surface area contributed by atoms with E-state index in [1.54, 1.807) is 0 Å². The van der Waals surface area contributed by atoms with Gasteiger partial charge in [0.15, 0.2) is 0 Å². The molecule has 2 heterocycles. The molecule has 1 amide bonds. The molecule has 1 saturated heterocycles. The topological polar surface area (TPSA) is 84.3 Å². The molecule has 0 aliphatic carbocycles. The number of piperidine rings is 1. The molecule has 0 atom stereocenters. The van der Waals surface area contributed by atoms with Gasteiger partial charge in [0.25, 0.3) is 5.91 Å². The van der Waals surface area contributed by atoms with E-state index in [2.05, 4.69) is 17.6 Å². The number of rotatable bonds is 4. The number of thiophene rings is 1. The van der Waals surface area contributed by atoms with Gasteiger partial charge in [0.2, 0.25) is 0 Å². The number of hydrogen-bond donors (Lipinski definition) is 2. The molecule has 1 aliphatic heterocycles. The second kappa shape index (κ2) is 7.01. The van der Waals surface area contributed by atoms with Crippen LogP contribution in [-0.4, -0.2) is 30.5 Å². The summed E-state index contributed by atoms with van der Waals surface area (Å²) in [6.45, 7) is 4.70. The van der Waals surface area contributed by atoms with Gasteiger partial charge in [0, 0.05) is 18.0 Å². The Bertz CT molecular complexity index is 486. The Balaban J connectivity index is 0.00000200. The Hall–Kier alpha value is -1.18. The second-order valence-corrected chi connectivity index (χ2v) is 6.06. The number of carbonyl (C=O) groups excluding carboxylic acids is 1. The molecule has 0 radical (unpaired) electrons. The summed E-state index contributed by atoms with van der Waals surface area (Å²) in [5.74, 6) is -0.232. The predicted octanol–water partition coefficient (Wildman–Crippen LogP) is 2.20. The number of nitrogens with zero attached hydrogens (tertiary/aromatic N) is 1. The van der Waals surface area contributed by atoms with Crippen LogP contribution in [0.2, 0.25) is 0 Å². The van der Waals surface area contributed by atoms with Gasteiger partial charge >= 0.3 is 5.00 Å². The lowest BCUT2D eigenvalue weighted by atomic mass is 9.81. The highest BCUT2D eigenvalue weighted by molar-refractivity contribution is 7.13. The fraction of sp³-hybridized carbons (Fsp3) is 0.583. The van der Waals surface area contributed by atoms with Crippen LogP contribution in [0, 0.1) is 15.5 Å². The van der Waals surface area contributed by atoms with Crippen LogP contribution >= 0.6 is 23.7 Å². The number of nitrogens with one attached hydrogen (secondary N) is 2. The van der Waals surface area contributed by atoms with Gasteiger partial charge in [-0.2, -0.15) is 0 Å². The van der Waals surface area contributed by atoms with E-state index in [0.29, 0.717) is 12.1 Å². The van der Waals surface area contributed by atoms with Crippen LogP contribution in [0.4, 0.5) is 5.00 Å². The van der Waals surface area contributed by atoms with Gasteiger partial charge in [0.1, 0.15) is 0 Å². The molecule has 1 aromatic rings. The minimum atomic E-state index is -0.477. The molecule has 6 nitrogen and oxygen atoms in total. The Morgan fingerprint density at radius 2 is 2.20 bits per heavy atom. The van der Waals surface area contributed by atoms with Crippen LogP contribution in [0.15, 0.2) is 11.4 Å². The zero-order valence-corrected chi connectivity index (χ0v) is 12.8. The normalized spacial score (nSPS) is 17.1. The molecule has 1 aliphatic rings. The van der Waals surface area contributed by atoms with Crippen LogP contribution in [0.25, 0.3) is 0 Å². The van der Waals surface area contributed by atoms with Crippen molar-refractivity contribution >= 4 is 34.7 Å². The third-order valence-electron chi connectivity index (χ3n) is 3.51. The first kappa shape index (κ1) is 16.9. The standard InChI is InChI=1S/C12H17N3O3S.ClH/c1-12(2-4-13-5-3-12)8-14-11(16)9-6-10(15(17)18)19-7-9;/h6-7,13H,2-5,8H2,1H3,(H,14,16);1H. The molecule has 0 unspecified atom stereocenters. The molecule has 1 fully saturated rings. The molecular formula is C12H18ClN3O3S. The number of carbonyl (C=O) groups is 1. The smallest absolute Gasteiger partial charge is 0.324 e. The molecule has 112 valence electrons. The van der Waals surface area contributed by atoms with Crippen LogP contribution in [0.1, 0.15) is 30.1 Å². The van der Waals surface area contributed by atoms with E-state index in [0.717, 1.165) is 37.3 Å². The van der Waals surface area contributed by atoms with Gasteiger partial charge in [-0.3, -0.25) is 14.9 Å². The zero-order valence-electron chi connectivity index (χ0n) is 11.2. The second-order valence-electron chi connectivity index (χ2n) is 5.17. The van der Waals surface area contributed by atoms with Crippen molar-refractivity contribution in [3.8, 4) is 0 Å². The first-order valence-electron chi connectivity index (χ1n) is 6.22. The lowest BCUT2D eigenvalue weighted by Crippen LogP contribution is -2.42. The van der Waals surface area contributed by atoms with Crippen molar-refractivity contribution in [1.29, 1.82) is 0 Å². The van der Waals surface area contributed by atoms with E-state index < -0.39 is 4.92 Å². The molecule has 0 saturated carbocycles. The summed E-state index contributed by atoms with van der Waals surface area (Å²) in [5, 5.41) is 18.3. The van der Waals surface area contributed by atoms with Crippen molar-refractivity contribution < 1.29 is 9.72 Å². The van der Waals surface area contributed by atoms with E-state index >= 15 is 0 Å². The predicted molar refractivity (Wildman–Crippen MR) is 80.8 cm³/mol. The van der Waals surface area contributed by atoms with Crippen molar-refractivity contribution in [2.24, 2.45) is 5.41 Å². The highest BCUT2D eigenvalue weighted by Gasteiger charge is 2.27. The molecule has 2 rings (SSSR count). The Kier molecular flexibility index (Phi) is 5.91. The summed E-state index contributed by atoms with van der Waals surface area (Å²) >= 11 is 0.977. The number of nitro groups is 1. The zero-order chi connectivity index (χ0) is 13.9. The molecule has 0 spiro atoms. The van der Waals surface area contributed by atoms with E-state index in [4.69, 9.17) is 0 Å². The van der Waals surface area contributed by atoms with Gasteiger partial charge in [0.05, 0.1) is 10.5 Å². The molecule has 2 N–H and O–H groups in total. The Morgan fingerprint density at radius 3 is 2.75 bits per heavy atom. The summed E-state index contributed by atoms with van der Waals surface area (Å²) in [6.07, 6.45) is 2.05. The molecule has 1 aromatic heterocycles. The summed E-state index contributed by atoms with van der Waals surface area (Å²) < 4.78 is 0. The van der Waals surface area contributed by atoms with Crippen LogP contribution in [-0.2, 0) is 0 Å². The van der Waals surface area contributed by atoms with Crippen molar-refractivity contribution in [2.75, 3.05) is 19.6 Å². The van der Waals surface area contributed by atoms with Crippen molar-refractivity contribution in [3.63, 3.8) is 0 Å². The minimum Gasteiger partial charge on any atom is -0.351 e. The van der Waals surface area contributed by atoms with Gasteiger partial charge in [-0.25, -0.2) is 0 Å². The van der Waals surface area contributed by atoms with Crippen LogP contribution in [0.3, 0.4) is 0 Å². The first-order chi connectivity index (χ1) is 9.00. The van der Waals surface area contributed by atoms with Crippen molar-refractivity contribution in [2.45, 2.75) is 19.8 Å². The lowest BCUT2D eigenvalue weighted by molar-refractivity contribution is -0.380. The maximum absolute atomic E-state index is 11.9. The number of halogens is 1. The summed E-state index contributed by atoms with van der Waals surface area (Å²) in [4.78, 5) is 22.0. The maximum Gasteiger partial charge on any atom is 0.324 e. The Morgan fingerprint density at radius 1 is 1.55 bits per heavy atom. The molecule has 8 heteroatoms. The van der Waals surface area contributed by atoms with E-state index in [1.807, 2.05) is 0 Å². The quantitative estimate of drug-likeness (QED) is 0.658. The van der Waals surface area contributed by atoms with Gasteiger partial charge in [-0.15, -0.1) is 12.4 Å². The minimum absolute atomic E-state index is 0. The van der Waals surface area contributed by atoms with E-state index in [1.165, 1.54) is 11.4 Å². The summed E-state index contributed by atoms with van der Waals surface area (Å²) in [5.41, 5.74) is 0.484. The first-order valence-corrected chi connectivity index (χ1v) is 7.10. The third kappa shape index (κ3) is 4.16. The number of hydrogen-bond acceptors (Lipinski definition) is 5. The third-order valence-corrected chi connectivity index (χ3v) is 4.39.